The largest absolute Gasteiger partial charge is 0.384 e. The van der Waals surface area contributed by atoms with Crippen LogP contribution in [0.2, 0.25) is 0 Å². The third kappa shape index (κ3) is 3.33. The maximum Gasteiger partial charge on any atom is 0.237 e. The molecule has 1 amide bonds. The quantitative estimate of drug-likeness (QED) is 0.882. The molecule has 108 valence electrons. The van der Waals surface area contributed by atoms with Crippen molar-refractivity contribution in [2.75, 3.05) is 28.7 Å². The second kappa shape index (κ2) is 6.41. The number of thioether (sulfide) groups is 2. The molecule has 0 saturated heterocycles. The predicted octanol–water partition coefficient (Wildman–Crippen LogP) is 2.89. The molecule has 0 aliphatic carbocycles. The first-order chi connectivity index (χ1) is 10.2. The molecule has 0 spiro atoms. The van der Waals surface area contributed by atoms with Gasteiger partial charge in [0.2, 0.25) is 5.91 Å². The van der Waals surface area contributed by atoms with E-state index in [1.807, 2.05) is 29.2 Å². The van der Waals surface area contributed by atoms with E-state index in [2.05, 4.69) is 11.1 Å². The first-order valence-electron chi connectivity index (χ1n) is 6.60. The molecule has 2 heterocycles. The van der Waals surface area contributed by atoms with Gasteiger partial charge in [0.05, 0.1) is 11.4 Å². The molecule has 21 heavy (non-hydrogen) atoms. The van der Waals surface area contributed by atoms with Crippen molar-refractivity contribution in [1.82, 2.24) is 4.98 Å². The van der Waals surface area contributed by atoms with Gasteiger partial charge < -0.3 is 10.6 Å². The van der Waals surface area contributed by atoms with Crippen molar-refractivity contribution in [1.29, 1.82) is 0 Å². The first-order valence-corrected chi connectivity index (χ1v) is 8.58. The Morgan fingerprint density at radius 2 is 2.19 bits per heavy atom. The lowest BCUT2D eigenvalue weighted by molar-refractivity contribution is -0.116. The zero-order valence-corrected chi connectivity index (χ0v) is 13.0. The topological polar surface area (TPSA) is 59.2 Å². The SMILES string of the molecule is Nc1ccc(SCC(=O)N2CCSc3ccccc32)cn1. The predicted molar refractivity (Wildman–Crippen MR) is 88.9 cm³/mol. The van der Waals surface area contributed by atoms with Crippen LogP contribution in [-0.4, -0.2) is 28.9 Å². The molecule has 1 aromatic carbocycles. The number of carbonyl (C=O) groups is 1. The van der Waals surface area contributed by atoms with Crippen molar-refractivity contribution in [3.05, 3.63) is 42.6 Å². The maximum atomic E-state index is 12.5. The first kappa shape index (κ1) is 14.3. The fourth-order valence-corrected chi connectivity index (χ4v) is 3.86. The highest BCUT2D eigenvalue weighted by molar-refractivity contribution is 8.00. The summed E-state index contributed by atoms with van der Waals surface area (Å²) < 4.78 is 0. The number of fused-ring (bicyclic) bond motifs is 1. The Labute approximate surface area is 132 Å². The van der Waals surface area contributed by atoms with Gasteiger partial charge in [0, 0.05) is 28.3 Å². The van der Waals surface area contributed by atoms with Gasteiger partial charge in [-0.3, -0.25) is 4.79 Å². The molecule has 2 N–H and O–H groups in total. The number of para-hydroxylation sites is 1. The molecule has 0 fully saturated rings. The lowest BCUT2D eigenvalue weighted by atomic mass is 10.3. The third-order valence-electron chi connectivity index (χ3n) is 3.15. The molecule has 0 unspecified atom stereocenters. The van der Waals surface area contributed by atoms with Crippen LogP contribution in [0, 0.1) is 0 Å². The van der Waals surface area contributed by atoms with Crippen LogP contribution in [0.15, 0.2) is 52.4 Å². The standard InChI is InChI=1S/C15H15N3OS2/c16-14-6-5-11(9-17-14)21-10-15(19)18-7-8-20-13-4-2-1-3-12(13)18/h1-6,9H,7-8,10H2,(H2,16,17). The smallest absolute Gasteiger partial charge is 0.237 e. The number of benzene rings is 1. The van der Waals surface area contributed by atoms with Crippen LogP contribution in [-0.2, 0) is 4.79 Å². The Kier molecular flexibility index (Phi) is 4.36. The van der Waals surface area contributed by atoms with E-state index in [0.29, 0.717) is 11.6 Å². The Balaban J connectivity index is 1.68. The number of aromatic nitrogens is 1. The molecular weight excluding hydrogens is 302 g/mol. The van der Waals surface area contributed by atoms with Gasteiger partial charge >= 0.3 is 0 Å². The Hall–Kier alpha value is -1.66. The van der Waals surface area contributed by atoms with Gasteiger partial charge in [-0.15, -0.1) is 23.5 Å². The number of nitrogens with two attached hydrogens (primary N) is 1. The van der Waals surface area contributed by atoms with Crippen molar-refractivity contribution in [3.63, 3.8) is 0 Å². The van der Waals surface area contributed by atoms with Crippen molar-refractivity contribution < 1.29 is 4.79 Å². The van der Waals surface area contributed by atoms with Crippen LogP contribution < -0.4 is 10.6 Å². The van der Waals surface area contributed by atoms with E-state index in [-0.39, 0.29) is 5.91 Å². The van der Waals surface area contributed by atoms with Crippen molar-refractivity contribution in [3.8, 4) is 0 Å². The molecule has 2 aromatic rings. The van der Waals surface area contributed by atoms with Crippen LogP contribution in [0.25, 0.3) is 0 Å². The fourth-order valence-electron chi connectivity index (χ4n) is 2.13. The molecule has 1 aliphatic heterocycles. The molecule has 4 nitrogen and oxygen atoms in total. The van der Waals surface area contributed by atoms with E-state index in [1.165, 1.54) is 16.7 Å². The van der Waals surface area contributed by atoms with E-state index in [0.717, 1.165) is 22.9 Å². The molecule has 6 heteroatoms. The van der Waals surface area contributed by atoms with E-state index in [9.17, 15) is 4.79 Å². The van der Waals surface area contributed by atoms with E-state index >= 15 is 0 Å². The van der Waals surface area contributed by atoms with Crippen LogP contribution in [0.5, 0.6) is 0 Å². The minimum absolute atomic E-state index is 0.129. The molecule has 0 atom stereocenters. The summed E-state index contributed by atoms with van der Waals surface area (Å²) in [5.41, 5.74) is 6.58. The van der Waals surface area contributed by atoms with Crippen molar-refractivity contribution in [2.45, 2.75) is 9.79 Å². The summed E-state index contributed by atoms with van der Waals surface area (Å²) in [6.45, 7) is 0.765. The lowest BCUT2D eigenvalue weighted by Gasteiger charge is -2.28. The van der Waals surface area contributed by atoms with Gasteiger partial charge in [0.15, 0.2) is 0 Å². The van der Waals surface area contributed by atoms with Crippen molar-refractivity contribution in [2.24, 2.45) is 0 Å². The molecular formula is C15H15N3OS2. The summed E-state index contributed by atoms with van der Waals surface area (Å²) in [4.78, 5) is 20.5. The van der Waals surface area contributed by atoms with Crippen molar-refractivity contribution >= 4 is 40.9 Å². The summed E-state index contributed by atoms with van der Waals surface area (Å²) in [7, 11) is 0. The third-order valence-corrected chi connectivity index (χ3v) is 5.16. The molecule has 0 bridgehead atoms. The fraction of sp³-hybridized carbons (Fsp3) is 0.200. The van der Waals surface area contributed by atoms with Gasteiger partial charge in [-0.25, -0.2) is 4.98 Å². The Morgan fingerprint density at radius 1 is 1.33 bits per heavy atom. The summed E-state index contributed by atoms with van der Waals surface area (Å²) in [5, 5.41) is 0. The highest BCUT2D eigenvalue weighted by Crippen LogP contribution is 2.34. The number of pyridine rings is 1. The average Bonchev–Trinajstić information content (AvgIpc) is 2.53. The summed E-state index contributed by atoms with van der Waals surface area (Å²) in [6.07, 6.45) is 1.70. The highest BCUT2D eigenvalue weighted by atomic mass is 32.2. The second-order valence-electron chi connectivity index (χ2n) is 4.57. The van der Waals surface area contributed by atoms with Crippen LogP contribution in [0.1, 0.15) is 0 Å². The van der Waals surface area contributed by atoms with Gasteiger partial charge in [0.1, 0.15) is 5.82 Å². The normalized spacial score (nSPS) is 13.8. The number of amides is 1. The Morgan fingerprint density at radius 3 is 3.00 bits per heavy atom. The number of anilines is 2. The van der Waals surface area contributed by atoms with Crippen LogP contribution >= 0.6 is 23.5 Å². The molecule has 3 rings (SSSR count). The Bertz CT molecular complexity index is 646. The van der Waals surface area contributed by atoms with E-state index < -0.39 is 0 Å². The second-order valence-corrected chi connectivity index (χ2v) is 6.75. The monoisotopic (exact) mass is 317 g/mol. The highest BCUT2D eigenvalue weighted by Gasteiger charge is 2.22. The van der Waals surface area contributed by atoms with Gasteiger partial charge in [0.25, 0.3) is 0 Å². The minimum Gasteiger partial charge on any atom is -0.384 e. The molecule has 1 aliphatic rings. The van der Waals surface area contributed by atoms with E-state index in [1.54, 1.807) is 24.0 Å². The number of hydrogen-bond donors (Lipinski definition) is 1. The van der Waals surface area contributed by atoms with Gasteiger partial charge in [-0.05, 0) is 24.3 Å². The summed E-state index contributed by atoms with van der Waals surface area (Å²) in [6, 6.07) is 11.7. The number of rotatable bonds is 3. The van der Waals surface area contributed by atoms with E-state index in [4.69, 9.17) is 5.73 Å². The summed E-state index contributed by atoms with van der Waals surface area (Å²) >= 11 is 3.29. The lowest BCUT2D eigenvalue weighted by Crippen LogP contribution is -2.36. The number of carbonyl (C=O) groups excluding carboxylic acids is 1. The summed E-state index contributed by atoms with van der Waals surface area (Å²) in [5.74, 6) is 1.97. The molecule has 0 saturated carbocycles. The number of hydrogen-bond acceptors (Lipinski definition) is 5. The van der Waals surface area contributed by atoms with Gasteiger partial charge in [-0.1, -0.05) is 12.1 Å². The van der Waals surface area contributed by atoms with Crippen LogP contribution in [0.3, 0.4) is 0 Å². The molecule has 0 radical (unpaired) electrons. The minimum atomic E-state index is 0.129. The maximum absolute atomic E-state index is 12.5. The zero-order chi connectivity index (χ0) is 14.7. The number of nitrogen functional groups attached to an aromatic ring is 1. The van der Waals surface area contributed by atoms with Crippen LogP contribution in [0.4, 0.5) is 11.5 Å². The van der Waals surface area contributed by atoms with Gasteiger partial charge in [-0.2, -0.15) is 0 Å². The zero-order valence-electron chi connectivity index (χ0n) is 11.4. The number of nitrogens with zero attached hydrogens (tertiary/aromatic N) is 2. The average molecular weight is 317 g/mol. The molecule has 1 aromatic heterocycles.